The second-order valence-electron chi connectivity index (χ2n) is 6.36. The van der Waals surface area contributed by atoms with Crippen LogP contribution in [-0.4, -0.2) is 11.8 Å². The second kappa shape index (κ2) is 9.01. The van der Waals surface area contributed by atoms with Crippen molar-refractivity contribution in [3.8, 4) is 11.5 Å². The van der Waals surface area contributed by atoms with Gasteiger partial charge in [0.15, 0.2) is 17.3 Å². The van der Waals surface area contributed by atoms with Gasteiger partial charge in [0.25, 0.3) is 0 Å². The highest BCUT2D eigenvalue weighted by molar-refractivity contribution is 6.00. The van der Waals surface area contributed by atoms with Crippen molar-refractivity contribution >= 4 is 5.78 Å². The summed E-state index contributed by atoms with van der Waals surface area (Å²) in [5.41, 5.74) is 8.34. The average Bonchev–Trinajstić information content (AvgIpc) is 2.72. The smallest absolute Gasteiger partial charge is 0.179 e. The predicted octanol–water partition coefficient (Wildman–Crippen LogP) is 4.37. The molecule has 0 amide bonds. The number of nitrogens with two attached hydrogens (primary N) is 1. The Morgan fingerprint density at radius 3 is 1.85 bits per heavy atom. The van der Waals surface area contributed by atoms with Crippen molar-refractivity contribution in [1.82, 2.24) is 0 Å². The van der Waals surface area contributed by atoms with E-state index in [-0.39, 0.29) is 5.78 Å². The van der Waals surface area contributed by atoms with Gasteiger partial charge in [-0.2, -0.15) is 0 Å². The summed E-state index contributed by atoms with van der Waals surface area (Å²) in [4.78, 5) is 12.2. The standard InChI is InChI=1S/C23H23NO3/c1-17(24)23(25)20-12-13-21(26-15-18-8-4-2-5-9-18)22(14-20)27-16-19-10-6-3-7-11-19/h2-14,17H,15-16,24H2,1H3. The fraction of sp³-hybridized carbons (Fsp3) is 0.174. The molecule has 0 saturated heterocycles. The van der Waals surface area contributed by atoms with Gasteiger partial charge < -0.3 is 15.2 Å². The quantitative estimate of drug-likeness (QED) is 0.605. The Labute approximate surface area is 159 Å². The number of rotatable bonds is 8. The molecule has 0 bridgehead atoms. The Hall–Kier alpha value is -3.11. The van der Waals surface area contributed by atoms with Crippen molar-refractivity contribution < 1.29 is 14.3 Å². The molecule has 4 nitrogen and oxygen atoms in total. The van der Waals surface area contributed by atoms with E-state index in [0.717, 1.165) is 11.1 Å². The summed E-state index contributed by atoms with van der Waals surface area (Å²) >= 11 is 0. The molecule has 0 aliphatic heterocycles. The van der Waals surface area contributed by atoms with Crippen molar-refractivity contribution in [3.05, 3.63) is 95.6 Å². The lowest BCUT2D eigenvalue weighted by Crippen LogP contribution is -2.26. The largest absolute Gasteiger partial charge is 0.485 e. The molecular weight excluding hydrogens is 338 g/mol. The SMILES string of the molecule is CC(N)C(=O)c1ccc(OCc2ccccc2)c(OCc2ccccc2)c1. The Morgan fingerprint density at radius 1 is 0.815 bits per heavy atom. The molecule has 0 spiro atoms. The highest BCUT2D eigenvalue weighted by Crippen LogP contribution is 2.30. The van der Waals surface area contributed by atoms with E-state index >= 15 is 0 Å². The van der Waals surface area contributed by atoms with Gasteiger partial charge >= 0.3 is 0 Å². The van der Waals surface area contributed by atoms with Crippen LogP contribution in [-0.2, 0) is 13.2 Å². The minimum atomic E-state index is -0.567. The molecule has 2 N–H and O–H groups in total. The van der Waals surface area contributed by atoms with Crippen LogP contribution in [0.15, 0.2) is 78.9 Å². The normalized spacial score (nSPS) is 11.6. The minimum absolute atomic E-state index is 0.130. The minimum Gasteiger partial charge on any atom is -0.485 e. The van der Waals surface area contributed by atoms with Crippen LogP contribution in [0.25, 0.3) is 0 Å². The Balaban J connectivity index is 1.80. The predicted molar refractivity (Wildman–Crippen MR) is 106 cm³/mol. The van der Waals surface area contributed by atoms with Gasteiger partial charge in [0, 0.05) is 5.56 Å². The summed E-state index contributed by atoms with van der Waals surface area (Å²) in [5, 5.41) is 0. The topological polar surface area (TPSA) is 61.6 Å². The maximum atomic E-state index is 12.2. The lowest BCUT2D eigenvalue weighted by molar-refractivity contribution is 0.0967. The fourth-order valence-electron chi connectivity index (χ4n) is 2.63. The van der Waals surface area contributed by atoms with Crippen molar-refractivity contribution in [3.63, 3.8) is 0 Å². The first-order valence-electron chi connectivity index (χ1n) is 8.91. The molecule has 3 aromatic rings. The molecule has 0 aromatic heterocycles. The summed E-state index contributed by atoms with van der Waals surface area (Å²) in [7, 11) is 0. The number of ketones is 1. The zero-order chi connectivity index (χ0) is 19.1. The zero-order valence-corrected chi connectivity index (χ0v) is 15.3. The van der Waals surface area contributed by atoms with Gasteiger partial charge in [0.05, 0.1) is 6.04 Å². The van der Waals surface area contributed by atoms with E-state index in [2.05, 4.69) is 0 Å². The molecule has 0 aliphatic carbocycles. The Bertz CT molecular complexity index is 877. The van der Waals surface area contributed by atoms with E-state index in [0.29, 0.717) is 30.3 Å². The van der Waals surface area contributed by atoms with Gasteiger partial charge in [-0.25, -0.2) is 0 Å². The first-order valence-corrected chi connectivity index (χ1v) is 8.91. The van der Waals surface area contributed by atoms with E-state index in [1.807, 2.05) is 60.7 Å². The Kier molecular flexibility index (Phi) is 6.23. The summed E-state index contributed by atoms with van der Waals surface area (Å²) in [6.45, 7) is 2.48. The number of ether oxygens (including phenoxy) is 2. The zero-order valence-electron chi connectivity index (χ0n) is 15.3. The first kappa shape index (κ1) is 18.7. The fourth-order valence-corrected chi connectivity index (χ4v) is 2.63. The molecule has 0 aliphatic rings. The van der Waals surface area contributed by atoms with Crippen LogP contribution in [0, 0.1) is 0 Å². The molecule has 1 unspecified atom stereocenters. The molecule has 0 heterocycles. The molecular formula is C23H23NO3. The molecule has 0 radical (unpaired) electrons. The average molecular weight is 361 g/mol. The van der Waals surface area contributed by atoms with E-state index in [1.165, 1.54) is 0 Å². The van der Waals surface area contributed by atoms with Crippen LogP contribution in [0.4, 0.5) is 0 Å². The van der Waals surface area contributed by atoms with E-state index in [9.17, 15) is 4.79 Å². The number of benzene rings is 3. The Morgan fingerprint density at radius 2 is 1.33 bits per heavy atom. The van der Waals surface area contributed by atoms with Crippen molar-refractivity contribution in [2.24, 2.45) is 5.73 Å². The summed E-state index contributed by atoms with van der Waals surface area (Å²) in [5.74, 6) is 0.992. The van der Waals surface area contributed by atoms with Crippen molar-refractivity contribution in [1.29, 1.82) is 0 Å². The van der Waals surface area contributed by atoms with Gasteiger partial charge in [0.1, 0.15) is 13.2 Å². The van der Waals surface area contributed by atoms with Crippen LogP contribution < -0.4 is 15.2 Å². The van der Waals surface area contributed by atoms with Gasteiger partial charge in [-0.1, -0.05) is 60.7 Å². The number of carbonyl (C=O) groups is 1. The van der Waals surface area contributed by atoms with Crippen LogP contribution in [0.2, 0.25) is 0 Å². The monoisotopic (exact) mass is 361 g/mol. The van der Waals surface area contributed by atoms with Gasteiger partial charge in [-0.15, -0.1) is 0 Å². The molecule has 4 heteroatoms. The molecule has 1 atom stereocenters. The molecule has 27 heavy (non-hydrogen) atoms. The van der Waals surface area contributed by atoms with Gasteiger partial charge in [-0.3, -0.25) is 4.79 Å². The van der Waals surface area contributed by atoms with Crippen LogP contribution >= 0.6 is 0 Å². The third-order valence-electron chi connectivity index (χ3n) is 4.12. The van der Waals surface area contributed by atoms with E-state index in [1.54, 1.807) is 25.1 Å². The third-order valence-corrected chi connectivity index (χ3v) is 4.12. The van der Waals surface area contributed by atoms with E-state index < -0.39 is 6.04 Å². The van der Waals surface area contributed by atoms with Crippen LogP contribution in [0.1, 0.15) is 28.4 Å². The van der Waals surface area contributed by atoms with Gasteiger partial charge in [0.2, 0.25) is 0 Å². The maximum absolute atomic E-state index is 12.2. The molecule has 0 saturated carbocycles. The number of hydrogen-bond donors (Lipinski definition) is 1. The molecule has 3 aromatic carbocycles. The summed E-state index contributed by atoms with van der Waals surface area (Å²) < 4.78 is 11.9. The van der Waals surface area contributed by atoms with Crippen LogP contribution in [0.3, 0.4) is 0 Å². The highest BCUT2D eigenvalue weighted by Gasteiger charge is 2.15. The maximum Gasteiger partial charge on any atom is 0.179 e. The highest BCUT2D eigenvalue weighted by atomic mass is 16.5. The summed E-state index contributed by atoms with van der Waals surface area (Å²) in [6, 6.07) is 24.4. The van der Waals surface area contributed by atoms with E-state index in [4.69, 9.17) is 15.2 Å². The first-order chi connectivity index (χ1) is 13.1. The van der Waals surface area contributed by atoms with Gasteiger partial charge in [-0.05, 0) is 36.2 Å². The number of carbonyl (C=O) groups excluding carboxylic acids is 1. The van der Waals surface area contributed by atoms with Crippen molar-refractivity contribution in [2.75, 3.05) is 0 Å². The number of hydrogen-bond acceptors (Lipinski definition) is 4. The molecule has 3 rings (SSSR count). The molecule has 0 fully saturated rings. The number of Topliss-reactive ketones (excluding diaryl/α,β-unsaturated/α-hetero) is 1. The molecule has 138 valence electrons. The lowest BCUT2D eigenvalue weighted by atomic mass is 10.1. The lowest BCUT2D eigenvalue weighted by Gasteiger charge is -2.15. The third kappa shape index (κ3) is 5.19. The summed E-state index contributed by atoms with van der Waals surface area (Å²) in [6.07, 6.45) is 0. The second-order valence-corrected chi connectivity index (χ2v) is 6.36. The van der Waals surface area contributed by atoms with Crippen LogP contribution in [0.5, 0.6) is 11.5 Å². The van der Waals surface area contributed by atoms with Crippen molar-refractivity contribution in [2.45, 2.75) is 26.2 Å².